The minimum absolute atomic E-state index is 0.102. The number of H-pyrrole nitrogens is 1. The van der Waals surface area contributed by atoms with Crippen LogP contribution in [0.25, 0.3) is 0 Å². The van der Waals surface area contributed by atoms with E-state index in [1.165, 1.54) is 25.0 Å². The fourth-order valence-corrected chi connectivity index (χ4v) is 4.95. The highest BCUT2D eigenvalue weighted by Gasteiger charge is 2.75. The van der Waals surface area contributed by atoms with Crippen LogP contribution >= 0.6 is 11.8 Å². The molecule has 6 atom stereocenters. The van der Waals surface area contributed by atoms with Crippen molar-refractivity contribution in [2.45, 2.75) is 35.3 Å². The zero-order valence-corrected chi connectivity index (χ0v) is 13.5. The smallest absolute Gasteiger partial charge is 0.329 e. The molecule has 3 rings (SSSR count). The summed E-state index contributed by atoms with van der Waals surface area (Å²) in [4.78, 5) is 39.4. The number of aromatic amines is 1. The summed E-state index contributed by atoms with van der Waals surface area (Å²) in [7, 11) is 0. The molecule has 130 valence electrons. The van der Waals surface area contributed by atoms with E-state index in [9.17, 15) is 24.6 Å². The van der Waals surface area contributed by atoms with Gasteiger partial charge in [-0.05, 0) is 19.3 Å². The minimum Gasteiger partial charge on any atom is -0.481 e. The van der Waals surface area contributed by atoms with Gasteiger partial charge in [0.15, 0.2) is 5.16 Å². The number of hydrogen-bond donors (Lipinski definition) is 5. The molecule has 0 saturated heterocycles. The molecule has 0 aliphatic heterocycles. The van der Waals surface area contributed by atoms with E-state index in [4.69, 9.17) is 5.73 Å². The molecule has 11 heteroatoms. The number of amides is 1. The lowest BCUT2D eigenvalue weighted by molar-refractivity contribution is -0.149. The highest BCUT2D eigenvalue weighted by molar-refractivity contribution is 7.99. The lowest BCUT2D eigenvalue weighted by atomic mass is 9.89. The predicted octanol–water partition coefficient (Wildman–Crippen LogP) is -1.10. The van der Waals surface area contributed by atoms with Crippen molar-refractivity contribution in [3.63, 3.8) is 0 Å². The molecule has 1 aromatic rings. The van der Waals surface area contributed by atoms with Crippen LogP contribution in [0.15, 0.2) is 11.5 Å². The Balaban J connectivity index is 1.90. The van der Waals surface area contributed by atoms with Crippen molar-refractivity contribution >= 4 is 29.6 Å². The van der Waals surface area contributed by atoms with Gasteiger partial charge in [0.05, 0.1) is 12.0 Å². The molecule has 1 heterocycles. The second kappa shape index (κ2) is 5.74. The Morgan fingerprint density at radius 2 is 2.21 bits per heavy atom. The maximum atomic E-state index is 12.0. The molecule has 10 nitrogen and oxygen atoms in total. The van der Waals surface area contributed by atoms with Gasteiger partial charge in [0.25, 0.3) is 0 Å². The Labute approximate surface area is 140 Å². The first kappa shape index (κ1) is 16.7. The normalized spacial score (nSPS) is 35.1. The number of carboxylic acid groups (broad SMARTS) is 2. The number of nitrogens with zero attached hydrogens (tertiary/aromatic N) is 2. The first-order valence-corrected chi connectivity index (χ1v) is 8.21. The quantitative estimate of drug-likeness (QED) is 0.425. The fraction of sp³-hybridized carbons (Fsp3) is 0.615. The number of fused-ring (bicyclic) bond motifs is 1. The molecule has 2 saturated carbocycles. The molecule has 0 spiro atoms. The second-order valence-electron chi connectivity index (χ2n) is 6.17. The SMILES string of the molecule is C[C@H](N)C(=O)N[C@]1(C(=O)O)C[C@H](Sc2ncn[nH]2)[C@@H]2[C@H](C(=O)O)[C@H]21. The lowest BCUT2D eigenvalue weighted by Crippen LogP contribution is -2.59. The molecule has 24 heavy (non-hydrogen) atoms. The minimum atomic E-state index is -1.63. The summed E-state index contributed by atoms with van der Waals surface area (Å²) in [6, 6.07) is -0.886. The Hall–Kier alpha value is -2.14. The molecule has 2 fully saturated rings. The van der Waals surface area contributed by atoms with E-state index < -0.39 is 41.3 Å². The highest BCUT2D eigenvalue weighted by atomic mass is 32.2. The monoisotopic (exact) mass is 355 g/mol. The van der Waals surface area contributed by atoms with Crippen LogP contribution in [0.5, 0.6) is 0 Å². The molecule has 2 aliphatic rings. The fourth-order valence-electron chi connectivity index (χ4n) is 3.61. The zero-order chi connectivity index (χ0) is 17.6. The van der Waals surface area contributed by atoms with Gasteiger partial charge in [-0.15, -0.1) is 0 Å². The number of carboxylic acids is 2. The van der Waals surface area contributed by atoms with Gasteiger partial charge in [0.2, 0.25) is 5.91 Å². The van der Waals surface area contributed by atoms with Crippen LogP contribution in [-0.2, 0) is 14.4 Å². The largest absolute Gasteiger partial charge is 0.481 e. The van der Waals surface area contributed by atoms with Crippen molar-refractivity contribution in [1.82, 2.24) is 20.5 Å². The molecule has 2 aliphatic carbocycles. The van der Waals surface area contributed by atoms with E-state index in [-0.39, 0.29) is 17.6 Å². The van der Waals surface area contributed by atoms with E-state index in [1.807, 2.05) is 0 Å². The number of nitrogens with two attached hydrogens (primary N) is 1. The number of aromatic nitrogens is 3. The van der Waals surface area contributed by atoms with Gasteiger partial charge in [-0.3, -0.25) is 14.7 Å². The Morgan fingerprint density at radius 1 is 1.50 bits per heavy atom. The summed E-state index contributed by atoms with van der Waals surface area (Å²) in [5.74, 6) is -4.76. The van der Waals surface area contributed by atoms with Gasteiger partial charge in [0.1, 0.15) is 11.9 Å². The van der Waals surface area contributed by atoms with Gasteiger partial charge >= 0.3 is 11.9 Å². The topological polar surface area (TPSA) is 171 Å². The summed E-state index contributed by atoms with van der Waals surface area (Å²) in [6.45, 7) is 1.44. The standard InChI is InChI=1S/C13H17N5O5S/c1-4(14)9(19)17-13(11(22)23)2-5(24-12-15-3-16-18-12)6-7(8(6)13)10(20)21/h3-8H,2,14H2,1H3,(H,17,19)(H,20,21)(H,22,23)(H,15,16,18)/t4-,5-,6+,7-,8-,13+/m0/s1. The van der Waals surface area contributed by atoms with Gasteiger partial charge in [-0.25, -0.2) is 9.78 Å². The van der Waals surface area contributed by atoms with Gasteiger partial charge in [-0.2, -0.15) is 5.10 Å². The summed E-state index contributed by atoms with van der Waals surface area (Å²) >= 11 is 1.25. The third-order valence-corrected chi connectivity index (χ3v) is 5.88. The van der Waals surface area contributed by atoms with Crippen molar-refractivity contribution in [1.29, 1.82) is 0 Å². The van der Waals surface area contributed by atoms with Gasteiger partial charge < -0.3 is 21.3 Å². The third-order valence-electron chi connectivity index (χ3n) is 4.68. The van der Waals surface area contributed by atoms with E-state index in [0.717, 1.165) is 0 Å². The van der Waals surface area contributed by atoms with Crippen LogP contribution < -0.4 is 11.1 Å². The van der Waals surface area contributed by atoms with Crippen molar-refractivity contribution < 1.29 is 24.6 Å². The summed E-state index contributed by atoms with van der Waals surface area (Å²) < 4.78 is 0. The van der Waals surface area contributed by atoms with Crippen molar-refractivity contribution in [3.05, 3.63) is 6.33 Å². The maximum absolute atomic E-state index is 12.0. The molecule has 1 aromatic heterocycles. The first-order valence-electron chi connectivity index (χ1n) is 7.33. The van der Waals surface area contributed by atoms with Gasteiger partial charge in [0, 0.05) is 11.2 Å². The average molecular weight is 355 g/mol. The molecule has 0 unspecified atom stereocenters. The van der Waals surface area contributed by atoms with Crippen molar-refractivity contribution in [3.8, 4) is 0 Å². The lowest BCUT2D eigenvalue weighted by Gasteiger charge is -2.30. The number of carbonyl (C=O) groups is 3. The van der Waals surface area contributed by atoms with Crippen LogP contribution in [0.4, 0.5) is 0 Å². The Bertz CT molecular complexity index is 680. The Morgan fingerprint density at radius 3 is 2.71 bits per heavy atom. The summed E-state index contributed by atoms with van der Waals surface area (Å²) in [5, 5.41) is 28.2. The highest BCUT2D eigenvalue weighted by Crippen LogP contribution is 2.65. The summed E-state index contributed by atoms with van der Waals surface area (Å²) in [6.07, 6.45) is 1.42. The van der Waals surface area contributed by atoms with Crippen LogP contribution in [0, 0.1) is 17.8 Å². The molecule has 1 amide bonds. The van der Waals surface area contributed by atoms with Gasteiger partial charge in [-0.1, -0.05) is 11.8 Å². The second-order valence-corrected chi connectivity index (χ2v) is 7.40. The number of hydrogen-bond acceptors (Lipinski definition) is 7. The molecule has 6 N–H and O–H groups in total. The molecule has 0 radical (unpaired) electrons. The number of carbonyl (C=O) groups excluding carboxylic acids is 1. The van der Waals surface area contributed by atoms with E-state index in [2.05, 4.69) is 20.5 Å². The van der Waals surface area contributed by atoms with Crippen LogP contribution in [0.3, 0.4) is 0 Å². The molecular formula is C13H17N5O5S. The zero-order valence-electron chi connectivity index (χ0n) is 12.7. The van der Waals surface area contributed by atoms with Crippen molar-refractivity contribution in [2.75, 3.05) is 0 Å². The van der Waals surface area contributed by atoms with Crippen LogP contribution in [0.2, 0.25) is 0 Å². The Kier molecular flexibility index (Phi) is 4.00. The number of aliphatic carboxylic acids is 2. The number of thioether (sulfide) groups is 1. The first-order chi connectivity index (χ1) is 11.3. The number of rotatable bonds is 6. The number of nitrogens with one attached hydrogen (secondary N) is 2. The average Bonchev–Trinajstić information content (AvgIpc) is 2.90. The predicted molar refractivity (Wildman–Crippen MR) is 80.9 cm³/mol. The van der Waals surface area contributed by atoms with Crippen molar-refractivity contribution in [2.24, 2.45) is 23.5 Å². The summed E-state index contributed by atoms with van der Waals surface area (Å²) in [5.41, 5.74) is 3.89. The maximum Gasteiger partial charge on any atom is 0.329 e. The van der Waals surface area contributed by atoms with E-state index in [1.54, 1.807) is 0 Å². The van der Waals surface area contributed by atoms with E-state index >= 15 is 0 Å². The third kappa shape index (κ3) is 2.53. The van der Waals surface area contributed by atoms with Crippen LogP contribution in [-0.4, -0.2) is 60.1 Å². The molecular weight excluding hydrogens is 338 g/mol. The molecule has 0 bridgehead atoms. The van der Waals surface area contributed by atoms with E-state index in [0.29, 0.717) is 5.16 Å². The molecule has 0 aromatic carbocycles. The van der Waals surface area contributed by atoms with Crippen LogP contribution in [0.1, 0.15) is 13.3 Å².